The Labute approximate surface area is 124 Å². The monoisotopic (exact) mass is 312 g/mol. The summed E-state index contributed by atoms with van der Waals surface area (Å²) < 4.78 is 0.511. The molecule has 2 rings (SSSR count). The van der Waals surface area contributed by atoms with E-state index in [0.717, 1.165) is 4.88 Å². The third-order valence-corrected chi connectivity index (χ3v) is 4.73. The van der Waals surface area contributed by atoms with Crippen LogP contribution in [0.5, 0.6) is 0 Å². The van der Waals surface area contributed by atoms with Crippen LogP contribution in [-0.2, 0) is 9.59 Å². The van der Waals surface area contributed by atoms with Gasteiger partial charge < -0.3 is 5.32 Å². The fourth-order valence-corrected chi connectivity index (χ4v) is 3.57. The molecule has 0 atom stereocenters. The highest BCUT2D eigenvalue weighted by Gasteiger charge is 2.31. The fraction of sp³-hybridized carbons (Fsp3) is 0.250. The lowest BCUT2D eigenvalue weighted by Gasteiger charge is -2.13. The van der Waals surface area contributed by atoms with Gasteiger partial charge in [0.2, 0.25) is 5.91 Å². The van der Waals surface area contributed by atoms with E-state index in [1.54, 1.807) is 18.4 Å². The van der Waals surface area contributed by atoms with Crippen molar-refractivity contribution in [3.8, 4) is 0 Å². The Balaban J connectivity index is 2.06. The summed E-state index contributed by atoms with van der Waals surface area (Å²) in [6.45, 7) is 0.326. The van der Waals surface area contributed by atoms with Crippen molar-refractivity contribution in [2.75, 3.05) is 13.6 Å². The second-order valence-electron chi connectivity index (χ2n) is 3.77. The first-order valence-corrected chi connectivity index (χ1v) is 7.71. The molecule has 7 heteroatoms. The molecule has 0 unspecified atom stereocenters. The van der Waals surface area contributed by atoms with Crippen LogP contribution in [0.15, 0.2) is 22.4 Å². The first kappa shape index (κ1) is 14.2. The maximum Gasteiger partial charge on any atom is 0.266 e. The molecule has 0 aliphatic carbocycles. The molecular formula is C12H12N2O2S3. The third-order valence-electron chi connectivity index (χ3n) is 2.53. The van der Waals surface area contributed by atoms with Gasteiger partial charge in [0, 0.05) is 24.9 Å². The van der Waals surface area contributed by atoms with E-state index in [1.807, 2.05) is 23.6 Å². The molecule has 0 saturated carbocycles. The van der Waals surface area contributed by atoms with E-state index in [0.29, 0.717) is 15.8 Å². The van der Waals surface area contributed by atoms with Gasteiger partial charge in [-0.3, -0.25) is 14.5 Å². The number of nitrogens with one attached hydrogen (secondary N) is 1. The molecule has 100 valence electrons. The van der Waals surface area contributed by atoms with Crippen LogP contribution < -0.4 is 5.32 Å². The molecule has 2 heterocycles. The molecule has 1 aromatic heterocycles. The topological polar surface area (TPSA) is 49.4 Å². The van der Waals surface area contributed by atoms with Crippen molar-refractivity contribution < 1.29 is 9.59 Å². The number of hydrogen-bond acceptors (Lipinski definition) is 5. The predicted molar refractivity (Wildman–Crippen MR) is 82.9 cm³/mol. The number of carbonyl (C=O) groups excluding carboxylic acids is 2. The minimum absolute atomic E-state index is 0.101. The van der Waals surface area contributed by atoms with E-state index < -0.39 is 0 Å². The molecular weight excluding hydrogens is 300 g/mol. The Morgan fingerprint density at radius 2 is 2.37 bits per heavy atom. The van der Waals surface area contributed by atoms with Crippen LogP contribution in [0.3, 0.4) is 0 Å². The number of thiophene rings is 1. The number of thiocarbonyl (C=S) groups is 1. The van der Waals surface area contributed by atoms with Gasteiger partial charge in [0.05, 0.1) is 4.91 Å². The molecule has 0 spiro atoms. The number of amides is 2. The second-order valence-corrected chi connectivity index (χ2v) is 6.43. The molecule has 0 radical (unpaired) electrons. The zero-order chi connectivity index (χ0) is 13.8. The maximum absolute atomic E-state index is 12.2. The average Bonchev–Trinajstić information content (AvgIpc) is 2.98. The lowest BCUT2D eigenvalue weighted by Crippen LogP contribution is -2.32. The molecule has 1 saturated heterocycles. The summed E-state index contributed by atoms with van der Waals surface area (Å²) in [6.07, 6.45) is 2.10. The molecule has 1 aromatic rings. The summed E-state index contributed by atoms with van der Waals surface area (Å²) in [5, 5.41) is 4.48. The molecule has 1 N–H and O–H groups in total. The van der Waals surface area contributed by atoms with Gasteiger partial charge in [0.25, 0.3) is 5.91 Å². The minimum atomic E-state index is -0.118. The lowest BCUT2D eigenvalue weighted by molar-refractivity contribution is -0.123. The van der Waals surface area contributed by atoms with Crippen LogP contribution >= 0.6 is 35.3 Å². The quantitative estimate of drug-likeness (QED) is 0.683. The van der Waals surface area contributed by atoms with E-state index in [1.165, 1.54) is 16.7 Å². The first-order chi connectivity index (χ1) is 9.11. The van der Waals surface area contributed by atoms with Crippen molar-refractivity contribution in [3.05, 3.63) is 27.3 Å². The standard InChI is InChI=1S/C12H12N2O2S3/c1-13-10(15)4-5-14-11(16)9(19-12(14)17)7-8-3-2-6-18-8/h2-3,6-7H,4-5H2,1H3,(H,13,15). The summed E-state index contributed by atoms with van der Waals surface area (Å²) in [5.74, 6) is -0.219. The van der Waals surface area contributed by atoms with Crippen LogP contribution in [0.2, 0.25) is 0 Å². The maximum atomic E-state index is 12.2. The highest BCUT2D eigenvalue weighted by atomic mass is 32.2. The highest BCUT2D eigenvalue weighted by molar-refractivity contribution is 8.26. The van der Waals surface area contributed by atoms with Crippen molar-refractivity contribution in [1.82, 2.24) is 10.2 Å². The first-order valence-electron chi connectivity index (χ1n) is 5.61. The molecule has 1 aliphatic heterocycles. The van der Waals surface area contributed by atoms with Crippen LogP contribution in [0.1, 0.15) is 11.3 Å². The van der Waals surface area contributed by atoms with Gasteiger partial charge in [-0.15, -0.1) is 11.3 Å². The zero-order valence-corrected chi connectivity index (χ0v) is 12.7. The van der Waals surface area contributed by atoms with Crippen molar-refractivity contribution in [2.45, 2.75) is 6.42 Å². The molecule has 19 heavy (non-hydrogen) atoms. The van der Waals surface area contributed by atoms with Gasteiger partial charge in [-0.1, -0.05) is 30.0 Å². The van der Waals surface area contributed by atoms with Crippen molar-refractivity contribution >= 4 is 57.5 Å². The molecule has 4 nitrogen and oxygen atoms in total. The van der Waals surface area contributed by atoms with Gasteiger partial charge in [-0.05, 0) is 17.5 Å². The molecule has 2 amide bonds. The minimum Gasteiger partial charge on any atom is -0.359 e. The Morgan fingerprint density at radius 3 is 3.00 bits per heavy atom. The molecule has 0 aromatic carbocycles. The second kappa shape index (κ2) is 6.31. The number of thioether (sulfide) groups is 1. The van der Waals surface area contributed by atoms with Crippen LogP contribution in [0, 0.1) is 0 Å². The third kappa shape index (κ3) is 3.43. The van der Waals surface area contributed by atoms with E-state index >= 15 is 0 Å². The van der Waals surface area contributed by atoms with E-state index in [9.17, 15) is 9.59 Å². The van der Waals surface area contributed by atoms with E-state index in [4.69, 9.17) is 12.2 Å². The number of nitrogens with zero attached hydrogens (tertiary/aromatic N) is 1. The Morgan fingerprint density at radius 1 is 1.58 bits per heavy atom. The lowest BCUT2D eigenvalue weighted by atomic mass is 10.3. The van der Waals surface area contributed by atoms with Crippen LogP contribution in [0.25, 0.3) is 6.08 Å². The van der Waals surface area contributed by atoms with Crippen molar-refractivity contribution in [1.29, 1.82) is 0 Å². The van der Waals surface area contributed by atoms with Gasteiger partial charge in [0.1, 0.15) is 4.32 Å². The SMILES string of the molecule is CNC(=O)CCN1C(=O)C(=Cc2cccs2)SC1=S. The summed E-state index contributed by atoms with van der Waals surface area (Å²) in [4.78, 5) is 26.5. The van der Waals surface area contributed by atoms with Gasteiger partial charge >= 0.3 is 0 Å². The molecule has 1 fully saturated rings. The van der Waals surface area contributed by atoms with E-state index in [2.05, 4.69) is 5.32 Å². The number of hydrogen-bond donors (Lipinski definition) is 1. The Bertz CT molecular complexity index is 537. The Kier molecular flexibility index (Phi) is 4.73. The van der Waals surface area contributed by atoms with E-state index in [-0.39, 0.29) is 18.2 Å². The Hall–Kier alpha value is -1.18. The fourth-order valence-electron chi connectivity index (χ4n) is 1.53. The summed E-state index contributed by atoms with van der Waals surface area (Å²) in [6, 6.07) is 3.88. The average molecular weight is 312 g/mol. The van der Waals surface area contributed by atoms with Crippen LogP contribution in [0.4, 0.5) is 0 Å². The zero-order valence-electron chi connectivity index (χ0n) is 10.2. The largest absolute Gasteiger partial charge is 0.359 e. The van der Waals surface area contributed by atoms with Gasteiger partial charge in [-0.25, -0.2) is 0 Å². The van der Waals surface area contributed by atoms with Gasteiger partial charge in [-0.2, -0.15) is 0 Å². The summed E-state index contributed by atoms with van der Waals surface area (Å²) >= 11 is 8.03. The highest BCUT2D eigenvalue weighted by Crippen LogP contribution is 2.33. The smallest absolute Gasteiger partial charge is 0.266 e. The van der Waals surface area contributed by atoms with Crippen molar-refractivity contribution in [3.63, 3.8) is 0 Å². The molecule has 1 aliphatic rings. The number of carbonyl (C=O) groups is 2. The predicted octanol–water partition coefficient (Wildman–Crippen LogP) is 2.09. The summed E-state index contributed by atoms with van der Waals surface area (Å²) in [5.41, 5.74) is 0. The summed E-state index contributed by atoms with van der Waals surface area (Å²) in [7, 11) is 1.57. The van der Waals surface area contributed by atoms with Gasteiger partial charge in [0.15, 0.2) is 0 Å². The normalized spacial score (nSPS) is 17.3. The molecule has 0 bridgehead atoms. The van der Waals surface area contributed by atoms with Crippen molar-refractivity contribution in [2.24, 2.45) is 0 Å². The van der Waals surface area contributed by atoms with Crippen LogP contribution in [-0.4, -0.2) is 34.6 Å². The number of rotatable bonds is 4.